The summed E-state index contributed by atoms with van der Waals surface area (Å²) in [6.45, 7) is 0.181. The monoisotopic (exact) mass is 462 g/mol. The van der Waals surface area contributed by atoms with Gasteiger partial charge in [-0.1, -0.05) is 48.0 Å². The molecule has 5 rings (SSSR count). The number of methoxy groups -OCH3 is 1. The molecule has 3 aromatic carbocycles. The van der Waals surface area contributed by atoms with Crippen LogP contribution in [0, 0.1) is 5.41 Å². The number of benzene rings is 3. The highest BCUT2D eigenvalue weighted by molar-refractivity contribution is 6.32. The first kappa shape index (κ1) is 21.3. The summed E-state index contributed by atoms with van der Waals surface area (Å²) in [4.78, 5) is 28.1. The van der Waals surface area contributed by atoms with Crippen LogP contribution in [-0.4, -0.2) is 32.1 Å². The Balaban J connectivity index is 1.36. The number of carbonyl (C=O) groups is 2. The third-order valence-electron chi connectivity index (χ3n) is 6.33. The van der Waals surface area contributed by atoms with Crippen LogP contribution in [0.5, 0.6) is 11.5 Å². The summed E-state index contributed by atoms with van der Waals surface area (Å²) in [5.41, 5.74) is 1.75. The van der Waals surface area contributed by atoms with Crippen molar-refractivity contribution >= 4 is 34.8 Å². The molecule has 0 radical (unpaired) electrons. The highest BCUT2D eigenvalue weighted by Gasteiger charge is 2.66. The number of rotatable bonds is 7. The average Bonchev–Trinajstić information content (AvgIpc) is 3.58. The smallest absolute Gasteiger partial charge is 0.244 e. The third kappa shape index (κ3) is 3.91. The second kappa shape index (κ2) is 8.45. The Kier molecular flexibility index (Phi) is 5.46. The van der Waals surface area contributed by atoms with Crippen molar-refractivity contribution in [3.05, 3.63) is 83.4 Å². The lowest BCUT2D eigenvalue weighted by molar-refractivity contribution is -0.127. The van der Waals surface area contributed by atoms with Crippen LogP contribution in [0.1, 0.15) is 17.9 Å². The van der Waals surface area contributed by atoms with E-state index in [1.165, 1.54) is 7.11 Å². The van der Waals surface area contributed by atoms with Gasteiger partial charge in [-0.25, -0.2) is 0 Å². The van der Waals surface area contributed by atoms with Gasteiger partial charge in [-0.05, 0) is 48.4 Å². The van der Waals surface area contributed by atoms with Crippen LogP contribution in [0.25, 0.3) is 0 Å². The Bertz CT molecular complexity index is 1220. The Hall–Kier alpha value is -3.51. The van der Waals surface area contributed by atoms with Gasteiger partial charge in [-0.2, -0.15) is 0 Å². The van der Waals surface area contributed by atoms with E-state index in [1.54, 1.807) is 23.1 Å². The molecule has 2 aliphatic rings. The zero-order valence-corrected chi connectivity index (χ0v) is 18.8. The maximum absolute atomic E-state index is 13.6. The van der Waals surface area contributed by atoms with Crippen molar-refractivity contribution in [1.29, 1.82) is 0 Å². The van der Waals surface area contributed by atoms with Crippen molar-refractivity contribution in [3.63, 3.8) is 0 Å². The maximum Gasteiger partial charge on any atom is 0.244 e. The molecule has 1 saturated carbocycles. The van der Waals surface area contributed by atoms with Gasteiger partial charge >= 0.3 is 0 Å². The van der Waals surface area contributed by atoms with Gasteiger partial charge in [0.25, 0.3) is 0 Å². The molecule has 2 amide bonds. The molecule has 0 unspecified atom stereocenters. The summed E-state index contributed by atoms with van der Waals surface area (Å²) >= 11 is 6.17. The molecule has 0 saturated heterocycles. The van der Waals surface area contributed by atoms with E-state index in [9.17, 15) is 9.59 Å². The van der Waals surface area contributed by atoms with Crippen LogP contribution in [0.3, 0.4) is 0 Å². The largest absolute Gasteiger partial charge is 0.495 e. The van der Waals surface area contributed by atoms with Gasteiger partial charge in [0.15, 0.2) is 0 Å². The molecule has 1 aliphatic carbocycles. The number of nitrogens with zero attached hydrogens (tertiary/aromatic N) is 1. The van der Waals surface area contributed by atoms with E-state index in [-0.39, 0.29) is 30.9 Å². The van der Waals surface area contributed by atoms with Crippen molar-refractivity contribution in [2.45, 2.75) is 12.3 Å². The SMILES string of the molecule is COc1ccc(NC(=O)CN2C(=O)[C@@]3(COc4ccccc4)C[C@H]3c3ccccc32)cc1Cl. The van der Waals surface area contributed by atoms with Gasteiger partial charge in [0.1, 0.15) is 24.7 Å². The number of halogens is 1. The van der Waals surface area contributed by atoms with Crippen LogP contribution < -0.4 is 19.7 Å². The lowest BCUT2D eigenvalue weighted by Crippen LogP contribution is -2.47. The van der Waals surface area contributed by atoms with Gasteiger partial charge in [-0.15, -0.1) is 0 Å². The first-order valence-corrected chi connectivity index (χ1v) is 11.1. The van der Waals surface area contributed by atoms with Crippen LogP contribution in [0.4, 0.5) is 11.4 Å². The molecular formula is C26H23ClN2O4. The molecule has 3 aromatic rings. The number of ether oxygens (including phenoxy) is 2. The van der Waals surface area contributed by atoms with Gasteiger partial charge in [0.2, 0.25) is 11.8 Å². The highest BCUT2D eigenvalue weighted by atomic mass is 35.5. The number of anilines is 2. The molecular weight excluding hydrogens is 440 g/mol. The fraction of sp³-hybridized carbons (Fsp3) is 0.231. The van der Waals surface area contributed by atoms with Crippen molar-refractivity contribution in [2.75, 3.05) is 30.5 Å². The summed E-state index contributed by atoms with van der Waals surface area (Å²) in [5.74, 6) is 0.965. The highest BCUT2D eigenvalue weighted by Crippen LogP contribution is 2.65. The number of hydrogen-bond acceptors (Lipinski definition) is 4. The lowest BCUT2D eigenvalue weighted by atomic mass is 9.92. The molecule has 2 atom stereocenters. The van der Waals surface area contributed by atoms with E-state index in [4.69, 9.17) is 21.1 Å². The van der Waals surface area contributed by atoms with Gasteiger partial charge < -0.3 is 19.7 Å². The number of para-hydroxylation sites is 2. The average molecular weight is 463 g/mol. The molecule has 1 fully saturated rings. The lowest BCUT2D eigenvalue weighted by Gasteiger charge is -2.33. The van der Waals surface area contributed by atoms with E-state index < -0.39 is 5.41 Å². The molecule has 1 aliphatic heterocycles. The Morgan fingerprint density at radius 3 is 2.64 bits per heavy atom. The topological polar surface area (TPSA) is 67.9 Å². The summed E-state index contributed by atoms with van der Waals surface area (Å²) in [7, 11) is 1.53. The zero-order chi connectivity index (χ0) is 23.0. The van der Waals surface area contributed by atoms with Crippen molar-refractivity contribution < 1.29 is 19.1 Å². The molecule has 7 heteroatoms. The molecule has 1 heterocycles. The van der Waals surface area contributed by atoms with Crippen LogP contribution in [0.2, 0.25) is 5.02 Å². The Labute approximate surface area is 197 Å². The number of nitrogens with one attached hydrogen (secondary N) is 1. The predicted octanol–water partition coefficient (Wildman–Crippen LogP) is 4.89. The van der Waals surface area contributed by atoms with Gasteiger partial charge in [0, 0.05) is 17.3 Å². The second-order valence-corrected chi connectivity index (χ2v) is 8.77. The van der Waals surface area contributed by atoms with Crippen LogP contribution in [0.15, 0.2) is 72.8 Å². The minimum absolute atomic E-state index is 0.0787. The minimum atomic E-state index is -0.645. The maximum atomic E-state index is 13.6. The van der Waals surface area contributed by atoms with Crippen molar-refractivity contribution in [1.82, 2.24) is 0 Å². The first-order valence-electron chi connectivity index (χ1n) is 10.7. The standard InChI is InChI=1S/C26H23ClN2O4/c1-32-23-12-11-17(13-21(23)27)28-24(30)15-29-22-10-6-5-9-19(22)20-14-26(20,25(29)31)16-33-18-7-3-2-4-8-18/h2-13,20H,14-16H2,1H3,(H,28,30)/t20-,26+/m0/s1. The fourth-order valence-corrected chi connectivity index (χ4v) is 4.81. The number of fused-ring (bicyclic) bond motifs is 3. The van der Waals surface area contributed by atoms with E-state index in [0.717, 1.165) is 17.0 Å². The minimum Gasteiger partial charge on any atom is -0.495 e. The molecule has 0 spiro atoms. The third-order valence-corrected chi connectivity index (χ3v) is 6.62. The molecule has 0 aromatic heterocycles. The van der Waals surface area contributed by atoms with Crippen LogP contribution in [-0.2, 0) is 9.59 Å². The van der Waals surface area contributed by atoms with E-state index >= 15 is 0 Å². The number of hydrogen-bond donors (Lipinski definition) is 1. The van der Waals surface area contributed by atoms with Crippen molar-refractivity contribution in [3.8, 4) is 11.5 Å². The molecule has 1 N–H and O–H groups in total. The quantitative estimate of drug-likeness (QED) is 0.543. The Morgan fingerprint density at radius 2 is 1.88 bits per heavy atom. The van der Waals surface area contributed by atoms with Crippen LogP contribution >= 0.6 is 11.6 Å². The summed E-state index contributed by atoms with van der Waals surface area (Å²) in [6.07, 6.45) is 0.710. The van der Waals surface area contributed by atoms with Gasteiger partial charge in [0.05, 0.1) is 17.5 Å². The molecule has 168 valence electrons. The number of carbonyl (C=O) groups excluding carboxylic acids is 2. The zero-order valence-electron chi connectivity index (χ0n) is 18.1. The summed E-state index contributed by atoms with van der Waals surface area (Å²) in [6, 6.07) is 22.3. The molecule has 0 bridgehead atoms. The first-order chi connectivity index (χ1) is 16.0. The van der Waals surface area contributed by atoms with E-state index in [2.05, 4.69) is 5.32 Å². The number of amides is 2. The summed E-state index contributed by atoms with van der Waals surface area (Å²) < 4.78 is 11.1. The Morgan fingerprint density at radius 1 is 1.12 bits per heavy atom. The fourth-order valence-electron chi connectivity index (χ4n) is 4.55. The van der Waals surface area contributed by atoms with Gasteiger partial charge in [-0.3, -0.25) is 9.59 Å². The summed E-state index contributed by atoms with van der Waals surface area (Å²) in [5, 5.41) is 3.22. The molecule has 33 heavy (non-hydrogen) atoms. The van der Waals surface area contributed by atoms with E-state index in [1.807, 2.05) is 54.6 Å². The van der Waals surface area contributed by atoms with Crippen molar-refractivity contribution in [2.24, 2.45) is 5.41 Å². The van der Waals surface area contributed by atoms with E-state index in [0.29, 0.717) is 22.9 Å². The second-order valence-electron chi connectivity index (χ2n) is 8.36. The predicted molar refractivity (Wildman–Crippen MR) is 127 cm³/mol. The normalized spacial score (nSPS) is 20.5. The molecule has 6 nitrogen and oxygen atoms in total.